The maximum atomic E-state index is 12.4. The first-order chi connectivity index (χ1) is 12.8. The normalized spacial score (nSPS) is 13.2. The number of hydrogen-bond donors (Lipinski definition) is 0. The molecule has 0 bridgehead atoms. The summed E-state index contributed by atoms with van der Waals surface area (Å²) < 4.78 is 0. The van der Waals surface area contributed by atoms with Crippen LogP contribution in [-0.2, 0) is 9.59 Å². The van der Waals surface area contributed by atoms with Crippen LogP contribution in [-0.4, -0.2) is 62.6 Å². The molecule has 4 heteroatoms. The molecule has 1 aromatic carbocycles. The molecular formula is C24H36N2O2. The summed E-state index contributed by atoms with van der Waals surface area (Å²) in [6, 6.07) is 7.82. The summed E-state index contributed by atoms with van der Waals surface area (Å²) in [5.74, 6) is 0.220. The predicted octanol–water partition coefficient (Wildman–Crippen LogP) is 4.03. The first-order valence-corrected chi connectivity index (χ1v) is 9.68. The fraction of sp³-hybridized carbons (Fsp3) is 0.500. The zero-order valence-electron chi connectivity index (χ0n) is 18.7. The summed E-state index contributed by atoms with van der Waals surface area (Å²) in [6.45, 7) is 9.26. The second-order valence-corrected chi connectivity index (χ2v) is 9.31. The van der Waals surface area contributed by atoms with Gasteiger partial charge in [-0.3, -0.25) is 9.59 Å². The van der Waals surface area contributed by atoms with E-state index in [4.69, 9.17) is 0 Å². The van der Waals surface area contributed by atoms with Gasteiger partial charge in [0.05, 0.1) is 0 Å². The van der Waals surface area contributed by atoms with Crippen molar-refractivity contribution < 1.29 is 9.59 Å². The zero-order chi connectivity index (χ0) is 21.5. The molecule has 1 aromatic rings. The number of rotatable bonds is 10. The molecule has 154 valence electrons. The van der Waals surface area contributed by atoms with E-state index in [-0.39, 0.29) is 11.6 Å². The monoisotopic (exact) mass is 384 g/mol. The fourth-order valence-electron chi connectivity index (χ4n) is 3.25. The highest BCUT2D eigenvalue weighted by Gasteiger charge is 2.26. The Hall–Kier alpha value is -2.04. The Morgan fingerprint density at radius 1 is 0.714 bits per heavy atom. The van der Waals surface area contributed by atoms with Crippen LogP contribution in [0.2, 0.25) is 0 Å². The zero-order valence-corrected chi connectivity index (χ0v) is 18.7. The SMILES string of the molecule is CN(C)CC(C)(C)C(=O)/C=C/c1ccc(/C=C/C(=O)C(C)(C)CN(C)C)cc1. The molecule has 0 fully saturated rings. The van der Waals surface area contributed by atoms with Crippen molar-refractivity contribution in [1.29, 1.82) is 0 Å². The molecule has 1 rings (SSSR count). The van der Waals surface area contributed by atoms with E-state index in [9.17, 15) is 9.59 Å². The van der Waals surface area contributed by atoms with Crippen molar-refractivity contribution in [3.8, 4) is 0 Å². The molecule has 28 heavy (non-hydrogen) atoms. The average Bonchev–Trinajstić information content (AvgIpc) is 2.56. The van der Waals surface area contributed by atoms with Crippen LogP contribution < -0.4 is 0 Å². The summed E-state index contributed by atoms with van der Waals surface area (Å²) in [6.07, 6.45) is 7.00. The van der Waals surface area contributed by atoms with Crippen LogP contribution in [0.25, 0.3) is 12.2 Å². The third kappa shape index (κ3) is 7.91. The van der Waals surface area contributed by atoms with E-state index in [1.165, 1.54) is 0 Å². The largest absolute Gasteiger partial charge is 0.308 e. The minimum absolute atomic E-state index is 0.110. The lowest BCUT2D eigenvalue weighted by Crippen LogP contribution is -2.34. The summed E-state index contributed by atoms with van der Waals surface area (Å²) in [4.78, 5) is 28.9. The maximum absolute atomic E-state index is 12.4. The van der Waals surface area contributed by atoms with Crippen molar-refractivity contribution in [2.75, 3.05) is 41.3 Å². The lowest BCUT2D eigenvalue weighted by atomic mass is 9.87. The quantitative estimate of drug-likeness (QED) is 0.571. The molecule has 0 atom stereocenters. The predicted molar refractivity (Wildman–Crippen MR) is 119 cm³/mol. The molecule has 4 nitrogen and oxygen atoms in total. The molecular weight excluding hydrogens is 348 g/mol. The molecule has 0 spiro atoms. The lowest BCUT2D eigenvalue weighted by molar-refractivity contribution is -0.123. The van der Waals surface area contributed by atoms with Gasteiger partial charge >= 0.3 is 0 Å². The van der Waals surface area contributed by atoms with E-state index in [1.54, 1.807) is 12.2 Å². The van der Waals surface area contributed by atoms with E-state index < -0.39 is 10.8 Å². The number of ketones is 2. The first-order valence-electron chi connectivity index (χ1n) is 9.68. The van der Waals surface area contributed by atoms with E-state index >= 15 is 0 Å². The van der Waals surface area contributed by atoms with Crippen molar-refractivity contribution in [2.45, 2.75) is 27.7 Å². The molecule has 0 aromatic heterocycles. The number of allylic oxidation sites excluding steroid dienone is 2. The summed E-state index contributed by atoms with van der Waals surface area (Å²) in [5, 5.41) is 0. The van der Waals surface area contributed by atoms with Gasteiger partial charge in [-0.1, -0.05) is 64.1 Å². The molecule has 0 heterocycles. The van der Waals surface area contributed by atoms with Gasteiger partial charge in [-0.15, -0.1) is 0 Å². The molecule has 0 amide bonds. The van der Waals surface area contributed by atoms with E-state index in [2.05, 4.69) is 0 Å². The Balaban J connectivity index is 2.76. The van der Waals surface area contributed by atoms with Gasteiger partial charge in [0.1, 0.15) is 0 Å². The minimum Gasteiger partial charge on any atom is -0.308 e. The minimum atomic E-state index is -0.414. The molecule has 0 saturated heterocycles. The van der Waals surface area contributed by atoms with Crippen LogP contribution in [0, 0.1) is 10.8 Å². The molecule has 0 aliphatic heterocycles. The van der Waals surface area contributed by atoms with Gasteiger partial charge in [0, 0.05) is 23.9 Å². The molecule has 0 aliphatic rings. The second-order valence-electron chi connectivity index (χ2n) is 9.31. The van der Waals surface area contributed by atoms with Crippen LogP contribution >= 0.6 is 0 Å². The first kappa shape index (κ1) is 24.0. The summed E-state index contributed by atoms with van der Waals surface area (Å²) in [5.41, 5.74) is 1.10. The maximum Gasteiger partial charge on any atom is 0.162 e. The highest BCUT2D eigenvalue weighted by Crippen LogP contribution is 2.20. The highest BCUT2D eigenvalue weighted by atomic mass is 16.1. The standard InChI is InChI=1S/C24H36N2O2/c1-23(2,17-25(5)6)21(27)15-13-19-9-11-20(12-10-19)14-16-22(28)24(3,4)18-26(7)8/h9-16H,17-18H2,1-8H3/b15-13+,16-14+. The molecule has 0 unspecified atom stereocenters. The van der Waals surface area contributed by atoms with Gasteiger partial charge in [-0.2, -0.15) is 0 Å². The summed E-state index contributed by atoms with van der Waals surface area (Å²) >= 11 is 0. The van der Waals surface area contributed by atoms with E-state index in [0.29, 0.717) is 13.1 Å². The van der Waals surface area contributed by atoms with Gasteiger partial charge < -0.3 is 9.80 Å². The van der Waals surface area contributed by atoms with Crippen molar-refractivity contribution in [2.24, 2.45) is 10.8 Å². The van der Waals surface area contributed by atoms with Crippen molar-refractivity contribution in [3.63, 3.8) is 0 Å². The van der Waals surface area contributed by atoms with E-state index in [1.807, 2.05) is 102 Å². The molecule has 0 radical (unpaired) electrons. The van der Waals surface area contributed by atoms with Crippen LogP contribution in [0.1, 0.15) is 38.8 Å². The van der Waals surface area contributed by atoms with Crippen LogP contribution in [0.5, 0.6) is 0 Å². The Labute approximate surface area is 170 Å². The van der Waals surface area contributed by atoms with Gasteiger partial charge in [0.15, 0.2) is 11.6 Å². The number of carbonyl (C=O) groups is 2. The Morgan fingerprint density at radius 2 is 1.00 bits per heavy atom. The van der Waals surface area contributed by atoms with Crippen molar-refractivity contribution in [1.82, 2.24) is 9.80 Å². The van der Waals surface area contributed by atoms with Gasteiger partial charge in [-0.25, -0.2) is 0 Å². The topological polar surface area (TPSA) is 40.6 Å². The highest BCUT2D eigenvalue weighted by molar-refractivity contribution is 5.98. The van der Waals surface area contributed by atoms with Crippen molar-refractivity contribution in [3.05, 3.63) is 47.5 Å². The smallest absolute Gasteiger partial charge is 0.162 e. The van der Waals surface area contributed by atoms with E-state index in [0.717, 1.165) is 11.1 Å². The Bertz CT molecular complexity index is 660. The van der Waals surface area contributed by atoms with Crippen molar-refractivity contribution >= 4 is 23.7 Å². The molecule has 0 saturated carbocycles. The van der Waals surface area contributed by atoms with Crippen LogP contribution in [0.15, 0.2) is 36.4 Å². The third-order valence-corrected chi connectivity index (χ3v) is 4.55. The number of hydrogen-bond acceptors (Lipinski definition) is 4. The average molecular weight is 385 g/mol. The molecule has 0 N–H and O–H groups in total. The molecule has 0 aliphatic carbocycles. The lowest BCUT2D eigenvalue weighted by Gasteiger charge is -2.25. The van der Waals surface area contributed by atoms with Crippen LogP contribution in [0.3, 0.4) is 0 Å². The summed E-state index contributed by atoms with van der Waals surface area (Å²) in [7, 11) is 7.88. The number of carbonyl (C=O) groups excluding carboxylic acids is 2. The van der Waals surface area contributed by atoms with Gasteiger partial charge in [0.25, 0.3) is 0 Å². The van der Waals surface area contributed by atoms with Gasteiger partial charge in [-0.05, 0) is 51.5 Å². The Kier molecular flexibility index (Phi) is 8.52. The van der Waals surface area contributed by atoms with Crippen LogP contribution in [0.4, 0.5) is 0 Å². The Morgan fingerprint density at radius 3 is 1.25 bits per heavy atom. The fourth-order valence-corrected chi connectivity index (χ4v) is 3.25. The number of benzene rings is 1. The van der Waals surface area contributed by atoms with Gasteiger partial charge in [0.2, 0.25) is 0 Å². The second kappa shape index (κ2) is 9.94. The number of nitrogens with zero attached hydrogens (tertiary/aromatic N) is 2. The third-order valence-electron chi connectivity index (χ3n) is 4.55.